The predicted octanol–water partition coefficient (Wildman–Crippen LogP) is 1.60. The molecule has 1 atom stereocenters. The Morgan fingerprint density at radius 2 is 2.05 bits per heavy atom. The van der Waals surface area contributed by atoms with E-state index >= 15 is 0 Å². The monoisotopic (exact) mass is 297 g/mol. The van der Waals surface area contributed by atoms with Crippen molar-refractivity contribution >= 4 is 11.7 Å². The molecule has 0 aliphatic carbocycles. The fourth-order valence-corrected chi connectivity index (χ4v) is 2.46. The minimum atomic E-state index is -0.459. The zero-order valence-corrected chi connectivity index (χ0v) is 12.3. The van der Waals surface area contributed by atoms with Crippen LogP contribution in [0.25, 0.3) is 0 Å². The Bertz CT molecular complexity index is 604. The molecule has 0 saturated carbocycles. The Balaban J connectivity index is 1.56. The Hall–Kier alpha value is -2.40. The third kappa shape index (κ3) is 3.62. The quantitative estimate of drug-likeness (QED) is 0.931. The van der Waals surface area contributed by atoms with E-state index in [4.69, 9.17) is 4.74 Å². The molecule has 0 radical (unpaired) electrons. The molecular weight excluding hydrogens is 278 g/mol. The fourth-order valence-electron chi connectivity index (χ4n) is 2.46. The lowest BCUT2D eigenvalue weighted by Crippen LogP contribution is -2.50. The number of morpholine rings is 1. The number of nitrogens with zero attached hydrogens (tertiary/aromatic N) is 2. The summed E-state index contributed by atoms with van der Waals surface area (Å²) in [6, 6.07) is 15.6. The van der Waals surface area contributed by atoms with Gasteiger partial charge in [-0.05, 0) is 17.7 Å². The van der Waals surface area contributed by atoms with E-state index < -0.39 is 6.10 Å². The van der Waals surface area contributed by atoms with Gasteiger partial charge < -0.3 is 15.0 Å². The SMILES string of the molecule is O=C(NCc1ccccc1)[C@@H]1CN(c2ccccn2)CCO1. The largest absolute Gasteiger partial charge is 0.365 e. The first-order chi connectivity index (χ1) is 10.8. The van der Waals surface area contributed by atoms with Gasteiger partial charge in [0.05, 0.1) is 13.2 Å². The van der Waals surface area contributed by atoms with Crippen LogP contribution in [0.4, 0.5) is 5.82 Å². The smallest absolute Gasteiger partial charge is 0.251 e. The Kier molecular flexibility index (Phi) is 4.65. The number of rotatable bonds is 4. The lowest BCUT2D eigenvalue weighted by molar-refractivity contribution is -0.133. The van der Waals surface area contributed by atoms with Crippen LogP contribution in [0.5, 0.6) is 0 Å². The average molecular weight is 297 g/mol. The highest BCUT2D eigenvalue weighted by atomic mass is 16.5. The van der Waals surface area contributed by atoms with Gasteiger partial charge in [-0.15, -0.1) is 0 Å². The maximum absolute atomic E-state index is 12.3. The number of carbonyl (C=O) groups excluding carboxylic acids is 1. The number of hydrogen-bond acceptors (Lipinski definition) is 4. The highest BCUT2D eigenvalue weighted by Gasteiger charge is 2.27. The Morgan fingerprint density at radius 3 is 2.82 bits per heavy atom. The van der Waals surface area contributed by atoms with Gasteiger partial charge in [0, 0.05) is 19.3 Å². The van der Waals surface area contributed by atoms with Crippen molar-refractivity contribution in [2.45, 2.75) is 12.6 Å². The number of aromatic nitrogens is 1. The second-order valence-corrected chi connectivity index (χ2v) is 5.20. The Morgan fingerprint density at radius 1 is 1.23 bits per heavy atom. The van der Waals surface area contributed by atoms with Crippen molar-refractivity contribution in [3.63, 3.8) is 0 Å². The van der Waals surface area contributed by atoms with E-state index in [2.05, 4.69) is 15.2 Å². The van der Waals surface area contributed by atoms with Crippen molar-refractivity contribution in [1.82, 2.24) is 10.3 Å². The van der Waals surface area contributed by atoms with Gasteiger partial charge in [0.25, 0.3) is 5.91 Å². The van der Waals surface area contributed by atoms with Crippen LogP contribution in [0.2, 0.25) is 0 Å². The van der Waals surface area contributed by atoms with Gasteiger partial charge >= 0.3 is 0 Å². The molecule has 2 heterocycles. The third-order valence-electron chi connectivity index (χ3n) is 3.64. The van der Waals surface area contributed by atoms with E-state index in [9.17, 15) is 4.79 Å². The molecule has 1 aliphatic rings. The van der Waals surface area contributed by atoms with E-state index in [1.165, 1.54) is 0 Å². The van der Waals surface area contributed by atoms with Gasteiger partial charge in [0.15, 0.2) is 6.10 Å². The van der Waals surface area contributed by atoms with Crippen molar-refractivity contribution in [2.75, 3.05) is 24.6 Å². The summed E-state index contributed by atoms with van der Waals surface area (Å²) in [5, 5.41) is 2.93. The molecular formula is C17H19N3O2. The molecule has 5 nitrogen and oxygen atoms in total. The van der Waals surface area contributed by atoms with Crippen molar-refractivity contribution in [2.24, 2.45) is 0 Å². The summed E-state index contributed by atoms with van der Waals surface area (Å²) in [6.07, 6.45) is 1.30. The standard InChI is InChI=1S/C17H19N3O2/c21-17(19-12-14-6-2-1-3-7-14)15-13-20(10-11-22-15)16-8-4-5-9-18-16/h1-9,15H,10-13H2,(H,19,21)/t15-/m0/s1. The van der Waals surface area contributed by atoms with Crippen molar-refractivity contribution in [3.8, 4) is 0 Å². The first kappa shape index (κ1) is 14.5. The molecule has 1 N–H and O–H groups in total. The van der Waals surface area contributed by atoms with Gasteiger partial charge in [0.2, 0.25) is 0 Å². The number of amides is 1. The highest BCUT2D eigenvalue weighted by Crippen LogP contribution is 2.14. The number of benzene rings is 1. The van der Waals surface area contributed by atoms with Crippen molar-refractivity contribution in [3.05, 3.63) is 60.3 Å². The van der Waals surface area contributed by atoms with Crippen LogP contribution in [0, 0.1) is 0 Å². The van der Waals surface area contributed by atoms with Crippen molar-refractivity contribution < 1.29 is 9.53 Å². The summed E-state index contributed by atoms with van der Waals surface area (Å²) in [7, 11) is 0. The van der Waals surface area contributed by atoms with Crippen LogP contribution >= 0.6 is 0 Å². The van der Waals surface area contributed by atoms with Gasteiger partial charge in [-0.3, -0.25) is 4.79 Å². The molecule has 1 aromatic carbocycles. The lowest BCUT2D eigenvalue weighted by atomic mass is 10.2. The number of hydrogen-bond donors (Lipinski definition) is 1. The summed E-state index contributed by atoms with van der Waals surface area (Å²) in [6.45, 7) is 2.32. The average Bonchev–Trinajstić information content (AvgIpc) is 2.61. The van der Waals surface area contributed by atoms with Crippen LogP contribution in [0.1, 0.15) is 5.56 Å². The summed E-state index contributed by atoms with van der Waals surface area (Å²) < 4.78 is 5.60. The maximum Gasteiger partial charge on any atom is 0.251 e. The molecule has 5 heteroatoms. The molecule has 1 aliphatic heterocycles. The number of ether oxygens (including phenoxy) is 1. The molecule has 1 aromatic heterocycles. The zero-order valence-electron chi connectivity index (χ0n) is 12.3. The molecule has 0 spiro atoms. The molecule has 1 saturated heterocycles. The van der Waals surface area contributed by atoms with Crippen LogP contribution in [0.3, 0.4) is 0 Å². The van der Waals surface area contributed by atoms with Crippen LogP contribution in [0.15, 0.2) is 54.7 Å². The van der Waals surface area contributed by atoms with Crippen LogP contribution < -0.4 is 10.2 Å². The van der Waals surface area contributed by atoms with E-state index in [0.29, 0.717) is 19.7 Å². The number of carbonyl (C=O) groups is 1. The van der Waals surface area contributed by atoms with E-state index in [1.807, 2.05) is 48.5 Å². The highest BCUT2D eigenvalue weighted by molar-refractivity contribution is 5.81. The molecule has 1 amide bonds. The molecule has 3 rings (SSSR count). The summed E-state index contributed by atoms with van der Waals surface area (Å²) >= 11 is 0. The normalized spacial score (nSPS) is 18.0. The minimum Gasteiger partial charge on any atom is -0.365 e. The zero-order chi connectivity index (χ0) is 15.2. The summed E-state index contributed by atoms with van der Waals surface area (Å²) in [5.74, 6) is 0.802. The Labute approximate surface area is 129 Å². The molecule has 0 unspecified atom stereocenters. The molecule has 1 fully saturated rings. The first-order valence-electron chi connectivity index (χ1n) is 7.42. The van der Waals surface area contributed by atoms with Gasteiger partial charge in [0.1, 0.15) is 5.82 Å². The predicted molar refractivity (Wildman–Crippen MR) is 84.5 cm³/mol. The second kappa shape index (κ2) is 7.04. The van der Waals surface area contributed by atoms with Gasteiger partial charge in [-0.25, -0.2) is 4.98 Å². The second-order valence-electron chi connectivity index (χ2n) is 5.20. The van der Waals surface area contributed by atoms with E-state index in [-0.39, 0.29) is 5.91 Å². The molecule has 114 valence electrons. The summed E-state index contributed by atoms with van der Waals surface area (Å²) in [4.78, 5) is 18.7. The van der Waals surface area contributed by atoms with Crippen molar-refractivity contribution in [1.29, 1.82) is 0 Å². The minimum absolute atomic E-state index is 0.0792. The van der Waals surface area contributed by atoms with E-state index in [1.54, 1.807) is 6.20 Å². The third-order valence-corrected chi connectivity index (χ3v) is 3.64. The van der Waals surface area contributed by atoms with Crippen LogP contribution in [-0.4, -0.2) is 36.7 Å². The number of nitrogens with one attached hydrogen (secondary N) is 1. The molecule has 22 heavy (non-hydrogen) atoms. The lowest BCUT2D eigenvalue weighted by Gasteiger charge is -2.32. The topological polar surface area (TPSA) is 54.5 Å². The number of anilines is 1. The van der Waals surface area contributed by atoms with Crippen LogP contribution in [-0.2, 0) is 16.1 Å². The molecule has 2 aromatic rings. The van der Waals surface area contributed by atoms with Gasteiger partial charge in [-0.2, -0.15) is 0 Å². The maximum atomic E-state index is 12.3. The molecule has 0 bridgehead atoms. The van der Waals surface area contributed by atoms with Gasteiger partial charge in [-0.1, -0.05) is 36.4 Å². The van der Waals surface area contributed by atoms with E-state index in [0.717, 1.165) is 17.9 Å². The first-order valence-corrected chi connectivity index (χ1v) is 7.42. The fraction of sp³-hybridized carbons (Fsp3) is 0.294. The summed E-state index contributed by atoms with van der Waals surface area (Å²) in [5.41, 5.74) is 1.08. The number of pyridine rings is 1.